The number of allylic oxidation sites excluding steroid dienone is 4. The lowest BCUT2D eigenvalue weighted by molar-refractivity contribution is -0.118. The third-order valence-corrected chi connectivity index (χ3v) is 9.05. The fourth-order valence-corrected chi connectivity index (χ4v) is 7.30. The van der Waals surface area contributed by atoms with E-state index in [-0.39, 0.29) is 17.9 Å². The van der Waals surface area contributed by atoms with E-state index in [1.807, 2.05) is 0 Å². The van der Waals surface area contributed by atoms with Crippen LogP contribution in [0.15, 0.2) is 47.1 Å². The van der Waals surface area contributed by atoms with Gasteiger partial charge in [-0.15, -0.1) is 0 Å². The zero-order valence-corrected chi connectivity index (χ0v) is 20.0. The number of hydrogen-bond acceptors (Lipinski definition) is 4. The first kappa shape index (κ1) is 22.4. The third-order valence-electron chi connectivity index (χ3n) is 9.05. The minimum absolute atomic E-state index is 0.208. The Hall–Kier alpha value is -2.35. The lowest BCUT2D eigenvalue weighted by atomic mass is 9.51. The second-order valence-corrected chi connectivity index (χ2v) is 10.8. The summed E-state index contributed by atoms with van der Waals surface area (Å²) >= 11 is 0. The predicted octanol–water partition coefficient (Wildman–Crippen LogP) is 4.38. The monoisotopic (exact) mass is 445 g/mol. The van der Waals surface area contributed by atoms with E-state index >= 15 is 0 Å². The quantitative estimate of drug-likeness (QED) is 0.664. The molecular weight excluding hydrogens is 410 g/mol. The Labute approximate surface area is 197 Å². The number of aliphatic hydroxyl groups excluding tert-OH is 1. The van der Waals surface area contributed by atoms with Crippen LogP contribution in [-0.4, -0.2) is 42.3 Å². The zero-order valence-electron chi connectivity index (χ0n) is 20.0. The molecule has 174 valence electrons. The maximum atomic E-state index is 12.2. The number of carbonyl (C=O) groups excluding carboxylic acids is 1. The SMILES string of the molecule is CN(C)c1ccc(C2CC3(C)C(CCC3(O)C#CCO)C3CC=C4CC(=O)CCC4=C23)cc1. The normalized spacial score (nSPS) is 35.1. The molecule has 5 unspecified atom stereocenters. The van der Waals surface area contributed by atoms with Crippen molar-refractivity contribution in [2.75, 3.05) is 25.6 Å². The van der Waals surface area contributed by atoms with Crippen molar-refractivity contribution in [3.63, 3.8) is 0 Å². The molecular formula is C29H35NO3. The van der Waals surface area contributed by atoms with E-state index in [1.54, 1.807) is 0 Å². The standard InChI is InChI=1S/C29H35NO3/c1-28-18-25(19-5-8-21(9-6-19)30(2)3)27-23-12-10-22(32)17-20(23)7-11-24(27)26(28)13-15-29(28,33)14-4-16-31/h5-9,24-26,31,33H,10-13,15-18H2,1-3H3. The van der Waals surface area contributed by atoms with Crippen molar-refractivity contribution in [3.05, 3.63) is 52.6 Å². The first-order chi connectivity index (χ1) is 15.8. The number of ketones is 1. The highest BCUT2D eigenvalue weighted by atomic mass is 16.3. The van der Waals surface area contributed by atoms with Crippen LogP contribution in [0.25, 0.3) is 0 Å². The van der Waals surface area contributed by atoms with E-state index < -0.39 is 5.60 Å². The highest BCUT2D eigenvalue weighted by Crippen LogP contribution is 2.66. The largest absolute Gasteiger partial charge is 0.384 e. The molecule has 0 heterocycles. The maximum absolute atomic E-state index is 12.2. The molecule has 0 amide bonds. The summed E-state index contributed by atoms with van der Waals surface area (Å²) in [6, 6.07) is 8.85. The van der Waals surface area contributed by atoms with Crippen LogP contribution in [0.5, 0.6) is 0 Å². The maximum Gasteiger partial charge on any atom is 0.137 e. The van der Waals surface area contributed by atoms with E-state index in [1.165, 1.54) is 28.0 Å². The fourth-order valence-electron chi connectivity index (χ4n) is 7.30. The molecule has 0 aromatic heterocycles. The predicted molar refractivity (Wildman–Crippen MR) is 131 cm³/mol. The average molecular weight is 446 g/mol. The molecule has 0 bridgehead atoms. The summed E-state index contributed by atoms with van der Waals surface area (Å²) in [4.78, 5) is 14.3. The van der Waals surface area contributed by atoms with Crippen LogP contribution in [0, 0.1) is 29.1 Å². The minimum Gasteiger partial charge on any atom is -0.384 e. The van der Waals surface area contributed by atoms with Crippen LogP contribution in [0.1, 0.15) is 63.4 Å². The van der Waals surface area contributed by atoms with Gasteiger partial charge in [0.05, 0.1) is 0 Å². The highest BCUT2D eigenvalue weighted by molar-refractivity contribution is 5.84. The molecule has 0 aliphatic heterocycles. The van der Waals surface area contributed by atoms with E-state index in [2.05, 4.69) is 68.1 Å². The fraction of sp³-hybridized carbons (Fsp3) is 0.552. The number of hydrogen-bond donors (Lipinski definition) is 2. The molecule has 0 spiro atoms. The number of rotatable bonds is 2. The molecule has 4 nitrogen and oxygen atoms in total. The number of benzene rings is 1. The number of Topliss-reactive ketones (excluding diaryl/α,β-unsaturated/α-hetero) is 1. The van der Waals surface area contributed by atoms with Crippen LogP contribution in [0.2, 0.25) is 0 Å². The van der Waals surface area contributed by atoms with Gasteiger partial charge in [0.2, 0.25) is 0 Å². The van der Waals surface area contributed by atoms with Gasteiger partial charge in [0.15, 0.2) is 0 Å². The minimum atomic E-state index is -1.08. The summed E-state index contributed by atoms with van der Waals surface area (Å²) in [6.45, 7) is 2.00. The Morgan fingerprint density at radius 2 is 1.94 bits per heavy atom. The molecule has 5 rings (SSSR count). The molecule has 2 N–H and O–H groups in total. The summed E-state index contributed by atoms with van der Waals surface area (Å²) in [5.74, 6) is 7.14. The molecule has 1 aromatic carbocycles. The first-order valence-corrected chi connectivity index (χ1v) is 12.3. The Kier molecular flexibility index (Phi) is 5.54. The Morgan fingerprint density at radius 1 is 1.18 bits per heavy atom. The average Bonchev–Trinajstić information content (AvgIpc) is 3.07. The lowest BCUT2D eigenvalue weighted by Gasteiger charge is -2.53. The van der Waals surface area contributed by atoms with Crippen molar-refractivity contribution < 1.29 is 15.0 Å². The lowest BCUT2D eigenvalue weighted by Crippen LogP contribution is -2.50. The Balaban J connectivity index is 1.64. The van der Waals surface area contributed by atoms with Gasteiger partial charge in [-0.05, 0) is 72.8 Å². The number of aliphatic hydroxyl groups is 2. The van der Waals surface area contributed by atoms with Gasteiger partial charge in [0.25, 0.3) is 0 Å². The smallest absolute Gasteiger partial charge is 0.137 e. The highest BCUT2D eigenvalue weighted by Gasteiger charge is 2.62. The van der Waals surface area contributed by atoms with Gasteiger partial charge in [-0.1, -0.05) is 42.5 Å². The second kappa shape index (κ2) is 8.15. The van der Waals surface area contributed by atoms with Crippen molar-refractivity contribution in [2.45, 2.75) is 63.4 Å². The summed E-state index contributed by atoms with van der Waals surface area (Å²) in [7, 11) is 4.11. The van der Waals surface area contributed by atoms with Gasteiger partial charge in [-0.3, -0.25) is 4.79 Å². The number of anilines is 1. The third kappa shape index (κ3) is 3.49. The van der Waals surface area contributed by atoms with Crippen molar-refractivity contribution in [1.29, 1.82) is 0 Å². The molecule has 0 saturated heterocycles. The van der Waals surface area contributed by atoms with Gasteiger partial charge in [-0.25, -0.2) is 0 Å². The number of nitrogens with zero attached hydrogens (tertiary/aromatic N) is 1. The topological polar surface area (TPSA) is 60.8 Å². The van der Waals surface area contributed by atoms with Crippen LogP contribution in [0.3, 0.4) is 0 Å². The van der Waals surface area contributed by atoms with Crippen molar-refractivity contribution >= 4 is 11.5 Å². The van der Waals surface area contributed by atoms with Crippen molar-refractivity contribution in [1.82, 2.24) is 0 Å². The molecule has 0 radical (unpaired) electrons. The van der Waals surface area contributed by atoms with E-state index in [0.717, 1.165) is 25.7 Å². The van der Waals surface area contributed by atoms with Gasteiger partial charge >= 0.3 is 0 Å². The molecule has 4 heteroatoms. The molecule has 1 aromatic rings. The van der Waals surface area contributed by atoms with Crippen LogP contribution < -0.4 is 4.90 Å². The Bertz CT molecular complexity index is 1090. The zero-order chi connectivity index (χ0) is 23.4. The van der Waals surface area contributed by atoms with Crippen molar-refractivity contribution in [2.24, 2.45) is 17.3 Å². The number of fused-ring (bicyclic) bond motifs is 4. The summed E-state index contributed by atoms with van der Waals surface area (Å²) in [6.07, 6.45) is 7.76. The van der Waals surface area contributed by atoms with Crippen LogP contribution in [-0.2, 0) is 4.79 Å². The molecule has 3 fully saturated rings. The van der Waals surface area contributed by atoms with Gasteiger partial charge in [0, 0.05) is 44.0 Å². The van der Waals surface area contributed by atoms with E-state index in [0.29, 0.717) is 36.9 Å². The first-order valence-electron chi connectivity index (χ1n) is 12.3. The van der Waals surface area contributed by atoms with Gasteiger partial charge in [0.1, 0.15) is 18.0 Å². The molecule has 33 heavy (non-hydrogen) atoms. The molecule has 3 saturated carbocycles. The van der Waals surface area contributed by atoms with Gasteiger partial charge in [-0.2, -0.15) is 0 Å². The Morgan fingerprint density at radius 3 is 2.64 bits per heavy atom. The summed E-state index contributed by atoms with van der Waals surface area (Å²) in [5.41, 5.74) is 5.24. The molecule has 5 atom stereocenters. The van der Waals surface area contributed by atoms with Crippen molar-refractivity contribution in [3.8, 4) is 11.8 Å². The van der Waals surface area contributed by atoms with E-state index in [9.17, 15) is 15.0 Å². The van der Waals surface area contributed by atoms with Crippen LogP contribution >= 0.6 is 0 Å². The molecule has 4 aliphatic carbocycles. The van der Waals surface area contributed by atoms with Crippen LogP contribution in [0.4, 0.5) is 5.69 Å². The van der Waals surface area contributed by atoms with Gasteiger partial charge < -0.3 is 15.1 Å². The van der Waals surface area contributed by atoms with E-state index in [4.69, 9.17) is 0 Å². The summed E-state index contributed by atoms with van der Waals surface area (Å²) < 4.78 is 0. The summed E-state index contributed by atoms with van der Waals surface area (Å²) in [5, 5.41) is 21.1. The number of carbonyl (C=O) groups is 1. The molecule has 4 aliphatic rings. The second-order valence-electron chi connectivity index (χ2n) is 10.8.